The number of H-pyrrole nitrogens is 1. The second-order valence-corrected chi connectivity index (χ2v) is 23.3. The topological polar surface area (TPSA) is 345 Å². The normalized spacial score (nSPS) is 25.4. The van der Waals surface area contributed by atoms with Crippen molar-refractivity contribution in [2.45, 2.75) is 133 Å². The van der Waals surface area contributed by atoms with Crippen molar-refractivity contribution in [1.82, 2.24) is 41.4 Å². The highest BCUT2D eigenvalue weighted by atomic mass is 32.2. The lowest BCUT2D eigenvalue weighted by Crippen LogP contribution is -2.54. The number of nitrogens with one attached hydrogen (secondary N) is 6. The minimum Gasteiger partial charge on any atom is -0.481 e. The van der Waals surface area contributed by atoms with Crippen LogP contribution in [0.2, 0.25) is 0 Å². The molecule has 23 nitrogen and oxygen atoms in total. The molecular weight excluding hydrogens is 1030 g/mol. The van der Waals surface area contributed by atoms with Crippen LogP contribution < -0.4 is 26.6 Å². The largest absolute Gasteiger partial charge is 0.481 e. The summed E-state index contributed by atoms with van der Waals surface area (Å²) in [6.07, 6.45) is 0.541. The molecule has 25 heteroatoms. The third-order valence-electron chi connectivity index (χ3n) is 14.4. The number of amides is 7. The van der Waals surface area contributed by atoms with Crippen LogP contribution in [0.1, 0.15) is 96.6 Å². The quantitative estimate of drug-likeness (QED) is 0.102. The first-order chi connectivity index (χ1) is 35.8. The van der Waals surface area contributed by atoms with E-state index in [1.54, 1.807) is 52.1 Å². The molecule has 2 aromatic rings. The van der Waals surface area contributed by atoms with E-state index in [9.17, 15) is 71.4 Å². The number of thioether (sulfide) groups is 1. The molecule has 2 unspecified atom stereocenters. The van der Waals surface area contributed by atoms with Crippen molar-refractivity contribution >= 4 is 97.2 Å². The Balaban J connectivity index is 1.49. The number of nitrogens with zero attached hydrogens (tertiary/aromatic N) is 2. The van der Waals surface area contributed by atoms with Gasteiger partial charge in [-0.05, 0) is 66.7 Å². The maximum Gasteiger partial charge on any atom is 0.304 e. The molecule has 5 rings (SSSR count). The summed E-state index contributed by atoms with van der Waals surface area (Å²) >= 11 is 1.30. The van der Waals surface area contributed by atoms with Gasteiger partial charge in [-0.3, -0.25) is 57.6 Å². The van der Waals surface area contributed by atoms with Crippen LogP contribution in [0.5, 0.6) is 0 Å². The molecule has 0 aliphatic carbocycles. The summed E-state index contributed by atoms with van der Waals surface area (Å²) in [6.45, 7) is 5.02. The summed E-state index contributed by atoms with van der Waals surface area (Å²) in [5, 5.41) is 33.6. The van der Waals surface area contributed by atoms with Crippen molar-refractivity contribution in [3.05, 3.63) is 29.3 Å². The molecule has 76 heavy (non-hydrogen) atoms. The number of aliphatic hydroxyl groups is 1. The van der Waals surface area contributed by atoms with Crippen LogP contribution in [-0.4, -0.2) is 179 Å². The van der Waals surface area contributed by atoms with Gasteiger partial charge >= 0.3 is 5.97 Å². The maximum atomic E-state index is 14.7. The molecule has 3 aliphatic rings. The van der Waals surface area contributed by atoms with Crippen molar-refractivity contribution < 1.29 is 71.4 Å². The second kappa shape index (κ2) is 27.3. The van der Waals surface area contributed by atoms with Crippen LogP contribution >= 0.6 is 11.8 Å². The van der Waals surface area contributed by atoms with E-state index in [0.717, 1.165) is 11.2 Å². The third-order valence-corrected chi connectivity index (χ3v) is 16.4. The van der Waals surface area contributed by atoms with Crippen molar-refractivity contribution in [1.29, 1.82) is 0 Å². The van der Waals surface area contributed by atoms with E-state index in [1.165, 1.54) is 16.7 Å². The number of likely N-dealkylation sites (tertiary alicyclic amines) is 1. The predicted octanol–water partition coefficient (Wildman–Crippen LogP) is -0.0191. The van der Waals surface area contributed by atoms with Gasteiger partial charge in [0.25, 0.3) is 0 Å². The van der Waals surface area contributed by atoms with Crippen molar-refractivity contribution in [2.24, 2.45) is 23.7 Å². The van der Waals surface area contributed by atoms with E-state index in [0.29, 0.717) is 29.3 Å². The Bertz CT molecular complexity index is 2680. The molecule has 3 saturated heterocycles. The highest BCUT2D eigenvalue weighted by molar-refractivity contribution is 8.00. The van der Waals surface area contributed by atoms with E-state index < -0.39 is 136 Å². The predicted molar refractivity (Wildman–Crippen MR) is 278 cm³/mol. The minimum atomic E-state index is -3.99. The monoisotopic (exact) mass is 1100 g/mol. The number of benzene rings is 1. The summed E-state index contributed by atoms with van der Waals surface area (Å²) in [5.74, 6) is -10.6. The van der Waals surface area contributed by atoms with E-state index in [1.807, 2.05) is 0 Å². The average Bonchev–Trinajstić information content (AvgIpc) is 4.03. The van der Waals surface area contributed by atoms with Crippen LogP contribution in [0.25, 0.3) is 10.9 Å². The van der Waals surface area contributed by atoms with Crippen LogP contribution in [-0.2, 0) is 75.4 Å². The van der Waals surface area contributed by atoms with Gasteiger partial charge in [0.2, 0.25) is 41.4 Å². The Morgan fingerprint density at radius 1 is 0.855 bits per heavy atom. The number of ketones is 3. The van der Waals surface area contributed by atoms with Gasteiger partial charge in [-0.15, -0.1) is 0 Å². The van der Waals surface area contributed by atoms with Gasteiger partial charge in [0.15, 0.2) is 21.4 Å². The first-order valence-corrected chi connectivity index (χ1v) is 28.8. The first-order valence-electron chi connectivity index (χ1n) is 25.7. The molecule has 1 aromatic heterocycles. The lowest BCUT2D eigenvalue weighted by Gasteiger charge is -2.31. The number of aromatic nitrogens is 1. The van der Waals surface area contributed by atoms with E-state index in [4.69, 9.17) is 0 Å². The van der Waals surface area contributed by atoms with Gasteiger partial charge < -0.3 is 46.7 Å². The fraction of sp³-hybridized carbons (Fsp3) is 0.627. The second-order valence-electron chi connectivity index (χ2n) is 20.3. The van der Waals surface area contributed by atoms with Crippen LogP contribution in [0.15, 0.2) is 23.2 Å². The molecule has 0 radical (unpaired) electrons. The zero-order valence-corrected chi connectivity index (χ0v) is 45.5. The Morgan fingerprint density at radius 3 is 2.20 bits per heavy atom. The number of hydrogen-bond acceptors (Lipinski definition) is 16. The highest BCUT2D eigenvalue weighted by Gasteiger charge is 2.44. The van der Waals surface area contributed by atoms with Crippen LogP contribution in [0.3, 0.4) is 0 Å². The summed E-state index contributed by atoms with van der Waals surface area (Å²) in [7, 11) is -3.99. The van der Waals surface area contributed by atoms with Gasteiger partial charge in [0, 0.05) is 68.8 Å². The number of aromatic amines is 1. The highest BCUT2D eigenvalue weighted by Crippen LogP contribution is 2.32. The molecule has 0 spiro atoms. The standard InChI is InChI=1S/C51H72N8O15S2/c1-7-27(3)45-39(63)17-30(16-36-35-15-29(11-12-37(35)55-49(36)76(6,73)74)14-32(60)10-9-13-58-43(66)21-40(75-5)51(58)72)22-52-24-42(65)56-46(28(4)8-2)48(70)54-25-41(64)53-23-33(61)18-31(19-44(67)68)50(71)59-26-34(62)20-38(59)47(69)57-45/h11-12,15,27-28,30-31,34,38,40,45-46,52,55,62H,7-10,13-14,16-26H2,1-6H3,(H,53,64)(H,54,70)(H,56,65)(H,57,69)(H,67,68)/t27?,28-,30+,31-,34+,38-,40?,45-,46-/m0/s1. The lowest BCUT2D eigenvalue weighted by molar-refractivity contribution is -0.148. The molecule has 1 aromatic carbocycles. The Labute approximate surface area is 445 Å². The number of Topliss-reactive ketones (excluding diaryl/α,β-unsaturated/α-hetero) is 3. The molecule has 9 atom stereocenters. The van der Waals surface area contributed by atoms with Gasteiger partial charge in [0.1, 0.15) is 22.9 Å². The maximum absolute atomic E-state index is 14.7. The SMILES string of the molecule is CCC(C)[C@@H]1NC(=O)[C@@H]2C[C@@H](O)CN2C(=O)[C@H](CC(=O)O)CC(=O)CNC(=O)CNC(=O)[C@H]([C@@H](C)CC)NC(=O)CNC[C@H](Cc2c(S(C)(=O)=O)[nH]c3ccc(CC(=O)CCCN4C(=O)CC(SC)C4=O)cc23)CC1=O. The number of carboxylic acids is 1. The number of rotatable bonds is 16. The van der Waals surface area contributed by atoms with Crippen molar-refractivity contribution in [3.8, 4) is 0 Å². The van der Waals surface area contributed by atoms with Gasteiger partial charge in [0.05, 0.1) is 49.4 Å². The van der Waals surface area contributed by atoms with Gasteiger partial charge in [-0.1, -0.05) is 46.6 Å². The number of aliphatic carboxylic acids is 1. The fourth-order valence-electron chi connectivity index (χ4n) is 9.86. The van der Waals surface area contributed by atoms with Crippen LogP contribution in [0, 0.1) is 23.7 Å². The molecule has 4 heterocycles. The van der Waals surface area contributed by atoms with Crippen molar-refractivity contribution in [2.75, 3.05) is 51.8 Å². The molecule has 0 saturated carbocycles. The summed E-state index contributed by atoms with van der Waals surface area (Å²) < 4.78 is 27.0. The smallest absolute Gasteiger partial charge is 0.304 e. The van der Waals surface area contributed by atoms with E-state index >= 15 is 0 Å². The number of fused-ring (bicyclic) bond motifs is 2. The fourth-order valence-corrected chi connectivity index (χ4v) is 11.4. The molecule has 418 valence electrons. The van der Waals surface area contributed by atoms with E-state index in [-0.39, 0.29) is 99.3 Å². The molecule has 3 fully saturated rings. The molecule has 7 amide bonds. The number of imide groups is 1. The van der Waals surface area contributed by atoms with Crippen molar-refractivity contribution in [3.63, 3.8) is 0 Å². The third kappa shape index (κ3) is 16.2. The number of carbonyl (C=O) groups is 11. The number of carboxylic acid groups (broad SMARTS) is 1. The number of sulfone groups is 1. The zero-order chi connectivity index (χ0) is 56.2. The average molecular weight is 1100 g/mol. The minimum absolute atomic E-state index is 0.0544. The van der Waals surface area contributed by atoms with Gasteiger partial charge in [-0.25, -0.2) is 8.42 Å². The summed E-state index contributed by atoms with van der Waals surface area (Å²) in [6, 6.07) is 1.27. The summed E-state index contributed by atoms with van der Waals surface area (Å²) in [4.78, 5) is 151. The summed E-state index contributed by atoms with van der Waals surface area (Å²) in [5.41, 5.74) is 1.23. The lowest BCUT2D eigenvalue weighted by atomic mass is 9.87. The van der Waals surface area contributed by atoms with Crippen LogP contribution in [0.4, 0.5) is 0 Å². The Kier molecular flexibility index (Phi) is 21.9. The Hall–Kier alpha value is -6.05. The first kappa shape index (κ1) is 60.8. The number of carbonyl (C=O) groups excluding carboxylic acids is 10. The molecular formula is C51H72N8O15S2. The molecule has 8 N–H and O–H groups in total. The number of aliphatic hydroxyl groups excluding tert-OH is 1. The molecule has 0 bridgehead atoms. The zero-order valence-electron chi connectivity index (χ0n) is 43.9. The number of hydrogen-bond donors (Lipinski definition) is 8. The van der Waals surface area contributed by atoms with E-state index in [2.05, 4.69) is 31.6 Å². The van der Waals surface area contributed by atoms with Gasteiger partial charge in [-0.2, -0.15) is 11.8 Å². The molecule has 3 aliphatic heterocycles. The Morgan fingerprint density at radius 2 is 1.55 bits per heavy atom.